The molecule has 4 nitrogen and oxygen atoms in total. The van der Waals surface area contributed by atoms with Crippen molar-refractivity contribution in [2.45, 2.75) is 32.4 Å². The Hall–Kier alpha value is -1.13. The maximum absolute atomic E-state index is 5.51. The molecule has 1 aromatic heterocycles. The Bertz CT molecular complexity index is 309. The Morgan fingerprint density at radius 2 is 2.12 bits per heavy atom. The van der Waals surface area contributed by atoms with Crippen LogP contribution in [0.5, 0.6) is 5.88 Å². The van der Waals surface area contributed by atoms with E-state index in [1.165, 1.54) is 0 Å². The molecule has 0 fully saturated rings. The SMILES string of the molecule is COC(C)(C)CCOc1ccc(CN)cn1. The standard InChI is InChI=1S/C12H20N2O2/c1-12(2,15-3)6-7-16-11-5-4-10(8-13)9-14-11/h4-5,9H,6-8,13H2,1-3H3. The predicted octanol–water partition coefficient (Wildman–Crippen LogP) is 1.73. The number of pyridine rings is 1. The summed E-state index contributed by atoms with van der Waals surface area (Å²) in [5, 5.41) is 0. The minimum Gasteiger partial charge on any atom is -0.478 e. The average molecular weight is 224 g/mol. The molecule has 2 N–H and O–H groups in total. The molecule has 0 atom stereocenters. The van der Waals surface area contributed by atoms with Crippen molar-refractivity contribution in [3.63, 3.8) is 0 Å². The Morgan fingerprint density at radius 3 is 2.62 bits per heavy atom. The topological polar surface area (TPSA) is 57.4 Å². The van der Waals surface area contributed by atoms with Gasteiger partial charge in [0.05, 0.1) is 12.2 Å². The van der Waals surface area contributed by atoms with Crippen LogP contribution in [0.4, 0.5) is 0 Å². The molecule has 0 aliphatic rings. The fraction of sp³-hybridized carbons (Fsp3) is 0.583. The lowest BCUT2D eigenvalue weighted by molar-refractivity contribution is 0.00508. The molecule has 0 saturated heterocycles. The zero-order chi connectivity index (χ0) is 12.0. The molecule has 1 aromatic rings. The third kappa shape index (κ3) is 4.16. The molecule has 0 aromatic carbocycles. The fourth-order valence-corrected chi connectivity index (χ4v) is 1.12. The summed E-state index contributed by atoms with van der Waals surface area (Å²) < 4.78 is 10.8. The number of hydrogen-bond donors (Lipinski definition) is 1. The second-order valence-corrected chi connectivity index (χ2v) is 4.27. The minimum atomic E-state index is -0.156. The lowest BCUT2D eigenvalue weighted by Crippen LogP contribution is -2.25. The molecule has 0 spiro atoms. The van der Waals surface area contributed by atoms with Gasteiger partial charge in [-0.15, -0.1) is 0 Å². The Labute approximate surface area is 96.8 Å². The van der Waals surface area contributed by atoms with Crippen LogP contribution in [0.1, 0.15) is 25.8 Å². The lowest BCUT2D eigenvalue weighted by Gasteiger charge is -2.22. The van der Waals surface area contributed by atoms with Crippen LogP contribution in [-0.2, 0) is 11.3 Å². The van der Waals surface area contributed by atoms with Crippen LogP contribution in [-0.4, -0.2) is 24.3 Å². The zero-order valence-corrected chi connectivity index (χ0v) is 10.2. The van der Waals surface area contributed by atoms with Crippen LogP contribution >= 0.6 is 0 Å². The summed E-state index contributed by atoms with van der Waals surface area (Å²) in [6.07, 6.45) is 2.56. The average Bonchev–Trinajstić information content (AvgIpc) is 2.30. The van der Waals surface area contributed by atoms with E-state index in [0.717, 1.165) is 12.0 Å². The monoisotopic (exact) mass is 224 g/mol. The van der Waals surface area contributed by atoms with Crippen molar-refractivity contribution in [2.24, 2.45) is 5.73 Å². The lowest BCUT2D eigenvalue weighted by atomic mass is 10.1. The highest BCUT2D eigenvalue weighted by molar-refractivity contribution is 5.17. The highest BCUT2D eigenvalue weighted by atomic mass is 16.5. The van der Waals surface area contributed by atoms with Gasteiger partial charge in [-0.05, 0) is 19.4 Å². The Balaban J connectivity index is 2.37. The molecule has 1 heterocycles. The molecule has 0 saturated carbocycles. The number of nitrogens with two attached hydrogens (primary N) is 1. The van der Waals surface area contributed by atoms with Gasteiger partial charge in [0.25, 0.3) is 0 Å². The van der Waals surface area contributed by atoms with Gasteiger partial charge in [0.15, 0.2) is 0 Å². The van der Waals surface area contributed by atoms with Crippen molar-refractivity contribution in [1.82, 2.24) is 4.98 Å². The second kappa shape index (κ2) is 5.82. The first-order valence-electron chi connectivity index (χ1n) is 5.40. The number of rotatable bonds is 6. The quantitative estimate of drug-likeness (QED) is 0.799. The van der Waals surface area contributed by atoms with Crippen LogP contribution in [0.2, 0.25) is 0 Å². The van der Waals surface area contributed by atoms with Crippen LogP contribution in [0, 0.1) is 0 Å². The van der Waals surface area contributed by atoms with Gasteiger partial charge in [0.1, 0.15) is 0 Å². The van der Waals surface area contributed by atoms with Gasteiger partial charge in [-0.3, -0.25) is 0 Å². The molecule has 0 unspecified atom stereocenters. The van der Waals surface area contributed by atoms with Crippen LogP contribution in [0.3, 0.4) is 0 Å². The van der Waals surface area contributed by atoms with Crippen molar-refractivity contribution in [3.05, 3.63) is 23.9 Å². The largest absolute Gasteiger partial charge is 0.478 e. The predicted molar refractivity (Wildman–Crippen MR) is 63.3 cm³/mol. The number of aromatic nitrogens is 1. The van der Waals surface area contributed by atoms with E-state index in [1.807, 2.05) is 26.0 Å². The van der Waals surface area contributed by atoms with E-state index in [0.29, 0.717) is 19.0 Å². The highest BCUT2D eigenvalue weighted by Crippen LogP contribution is 2.14. The van der Waals surface area contributed by atoms with E-state index in [1.54, 1.807) is 13.3 Å². The van der Waals surface area contributed by atoms with Gasteiger partial charge in [-0.1, -0.05) is 6.07 Å². The number of ether oxygens (including phenoxy) is 2. The first kappa shape index (κ1) is 12.9. The summed E-state index contributed by atoms with van der Waals surface area (Å²) in [7, 11) is 1.70. The molecule has 4 heteroatoms. The summed E-state index contributed by atoms with van der Waals surface area (Å²) in [6, 6.07) is 3.76. The Kier molecular flexibility index (Phi) is 4.71. The van der Waals surface area contributed by atoms with Gasteiger partial charge in [-0.25, -0.2) is 4.98 Å². The van der Waals surface area contributed by atoms with Crippen molar-refractivity contribution in [3.8, 4) is 5.88 Å². The highest BCUT2D eigenvalue weighted by Gasteiger charge is 2.15. The molecular formula is C12H20N2O2. The molecule has 0 amide bonds. The molecule has 90 valence electrons. The van der Waals surface area contributed by atoms with Gasteiger partial charge in [0, 0.05) is 32.3 Å². The fourth-order valence-electron chi connectivity index (χ4n) is 1.12. The third-order valence-corrected chi connectivity index (χ3v) is 2.54. The molecule has 0 bridgehead atoms. The normalized spacial score (nSPS) is 11.5. The summed E-state index contributed by atoms with van der Waals surface area (Å²) in [6.45, 7) is 5.16. The number of hydrogen-bond acceptors (Lipinski definition) is 4. The summed E-state index contributed by atoms with van der Waals surface area (Å²) in [5.74, 6) is 0.629. The van der Waals surface area contributed by atoms with E-state index in [-0.39, 0.29) is 5.60 Å². The van der Waals surface area contributed by atoms with Gasteiger partial charge < -0.3 is 15.2 Å². The zero-order valence-electron chi connectivity index (χ0n) is 10.2. The molecule has 1 rings (SSSR count). The van der Waals surface area contributed by atoms with Crippen molar-refractivity contribution < 1.29 is 9.47 Å². The van der Waals surface area contributed by atoms with Gasteiger partial charge in [-0.2, -0.15) is 0 Å². The van der Waals surface area contributed by atoms with Crippen molar-refractivity contribution in [2.75, 3.05) is 13.7 Å². The number of methoxy groups -OCH3 is 1. The maximum atomic E-state index is 5.51. The van der Waals surface area contributed by atoms with Crippen molar-refractivity contribution in [1.29, 1.82) is 0 Å². The van der Waals surface area contributed by atoms with E-state index >= 15 is 0 Å². The second-order valence-electron chi connectivity index (χ2n) is 4.27. The van der Waals surface area contributed by atoms with Gasteiger partial charge >= 0.3 is 0 Å². The smallest absolute Gasteiger partial charge is 0.213 e. The van der Waals surface area contributed by atoms with Crippen LogP contribution in [0.15, 0.2) is 18.3 Å². The molecule has 0 radical (unpaired) electrons. The summed E-state index contributed by atoms with van der Waals surface area (Å²) in [5.41, 5.74) is 6.33. The first-order valence-corrected chi connectivity index (χ1v) is 5.40. The van der Waals surface area contributed by atoms with Crippen LogP contribution < -0.4 is 10.5 Å². The third-order valence-electron chi connectivity index (χ3n) is 2.54. The van der Waals surface area contributed by atoms with E-state index in [4.69, 9.17) is 15.2 Å². The molecule has 0 aliphatic carbocycles. The molecular weight excluding hydrogens is 204 g/mol. The number of nitrogens with zero attached hydrogens (tertiary/aromatic N) is 1. The molecule has 16 heavy (non-hydrogen) atoms. The molecule has 0 aliphatic heterocycles. The maximum Gasteiger partial charge on any atom is 0.213 e. The summed E-state index contributed by atoms with van der Waals surface area (Å²) >= 11 is 0. The van der Waals surface area contributed by atoms with Gasteiger partial charge in [0.2, 0.25) is 5.88 Å². The summed E-state index contributed by atoms with van der Waals surface area (Å²) in [4.78, 5) is 4.15. The van der Waals surface area contributed by atoms with E-state index in [9.17, 15) is 0 Å². The minimum absolute atomic E-state index is 0.156. The Morgan fingerprint density at radius 1 is 1.38 bits per heavy atom. The van der Waals surface area contributed by atoms with Crippen molar-refractivity contribution >= 4 is 0 Å². The first-order chi connectivity index (χ1) is 7.57. The van der Waals surface area contributed by atoms with E-state index in [2.05, 4.69) is 4.98 Å². The van der Waals surface area contributed by atoms with Crippen LogP contribution in [0.25, 0.3) is 0 Å². The van der Waals surface area contributed by atoms with E-state index < -0.39 is 0 Å².